The molecule has 0 saturated carbocycles. The van der Waals surface area contributed by atoms with Gasteiger partial charge in [0.15, 0.2) is 19.7 Å². The lowest BCUT2D eigenvalue weighted by Crippen LogP contribution is -2.05. The molecule has 14 heteroatoms. The molecule has 0 atom stereocenters. The van der Waals surface area contributed by atoms with Gasteiger partial charge in [0.05, 0.1) is 48.0 Å². The van der Waals surface area contributed by atoms with Gasteiger partial charge in [0, 0.05) is 42.0 Å². The summed E-state index contributed by atoms with van der Waals surface area (Å²) in [5, 5.41) is 0.627. The number of carbonyl (C=O) groups excluding carboxylic acids is 2. The Morgan fingerprint density at radius 3 is 1.67 bits per heavy atom. The average molecular weight is 695 g/mol. The SMILES string of the molecule is COC(=O)c1cc(Oc2ccc(S(C)(=O)=O)cc2)cc2c1CCO2.COC(=O)c1cc(Oc2ccc(S(C)(=O)=O)cc2)cc2occc12. The monoisotopic (exact) mass is 694 g/mol. The van der Waals surface area contributed by atoms with E-state index in [-0.39, 0.29) is 9.79 Å². The zero-order valence-electron chi connectivity index (χ0n) is 26.2. The molecule has 0 amide bonds. The fourth-order valence-electron chi connectivity index (χ4n) is 4.79. The first kappa shape index (κ1) is 34.0. The number of fused-ring (bicyclic) bond motifs is 2. The highest BCUT2D eigenvalue weighted by Crippen LogP contribution is 2.36. The van der Waals surface area contributed by atoms with Crippen LogP contribution in [0, 0.1) is 0 Å². The van der Waals surface area contributed by atoms with Crippen LogP contribution in [0.2, 0.25) is 0 Å². The second kappa shape index (κ2) is 13.8. The summed E-state index contributed by atoms with van der Waals surface area (Å²) in [4.78, 5) is 24.2. The van der Waals surface area contributed by atoms with Crippen LogP contribution in [0.4, 0.5) is 0 Å². The van der Waals surface area contributed by atoms with Gasteiger partial charge in [0.1, 0.15) is 34.3 Å². The number of rotatable bonds is 8. The van der Waals surface area contributed by atoms with Gasteiger partial charge in [0.25, 0.3) is 0 Å². The molecule has 0 radical (unpaired) electrons. The molecule has 1 aromatic heterocycles. The van der Waals surface area contributed by atoms with E-state index in [1.807, 2.05) is 0 Å². The van der Waals surface area contributed by atoms with Crippen molar-refractivity contribution in [3.63, 3.8) is 0 Å². The number of benzene rings is 4. The molecule has 4 aromatic carbocycles. The largest absolute Gasteiger partial charge is 0.493 e. The van der Waals surface area contributed by atoms with E-state index in [9.17, 15) is 26.4 Å². The first-order valence-electron chi connectivity index (χ1n) is 14.2. The van der Waals surface area contributed by atoms with Crippen LogP contribution in [0.5, 0.6) is 28.7 Å². The lowest BCUT2D eigenvalue weighted by Gasteiger charge is -2.11. The second-order valence-corrected chi connectivity index (χ2v) is 14.6. The Kier molecular flexibility index (Phi) is 9.77. The summed E-state index contributed by atoms with van der Waals surface area (Å²) in [6, 6.07) is 20.2. The van der Waals surface area contributed by atoms with E-state index in [0.29, 0.717) is 63.9 Å². The number of methoxy groups -OCH3 is 2. The number of esters is 2. The van der Waals surface area contributed by atoms with Crippen molar-refractivity contribution < 1.29 is 54.5 Å². The third kappa shape index (κ3) is 7.78. The van der Waals surface area contributed by atoms with Crippen molar-refractivity contribution in [3.8, 4) is 28.7 Å². The standard InChI is InChI=1S/C17H16O6S.C17H14O6S/c2*1-21-17(18)15-9-12(10-16-14(15)7-8-22-16)23-11-3-5-13(6-4-11)24(2,19)20/h3-6,9-10H,7-8H2,1-2H3;3-10H,1-2H3. The van der Waals surface area contributed by atoms with Crippen LogP contribution >= 0.6 is 0 Å². The van der Waals surface area contributed by atoms with Crippen LogP contribution in [0.3, 0.4) is 0 Å². The maximum absolute atomic E-state index is 11.9. The first-order valence-corrected chi connectivity index (χ1v) is 18.0. The maximum atomic E-state index is 11.9. The molecule has 48 heavy (non-hydrogen) atoms. The fourth-order valence-corrected chi connectivity index (χ4v) is 6.05. The van der Waals surface area contributed by atoms with Crippen molar-refractivity contribution in [1.82, 2.24) is 0 Å². The lowest BCUT2D eigenvalue weighted by atomic mass is 10.0. The van der Waals surface area contributed by atoms with Crippen molar-refractivity contribution in [2.24, 2.45) is 0 Å². The summed E-state index contributed by atoms with van der Waals surface area (Å²) in [5.41, 5.74) is 2.03. The average Bonchev–Trinajstić information content (AvgIpc) is 3.73. The predicted octanol–water partition coefficient (Wildman–Crippen LogP) is 6.02. The van der Waals surface area contributed by atoms with E-state index in [2.05, 4.69) is 0 Å². The minimum Gasteiger partial charge on any atom is -0.493 e. The molecule has 0 fully saturated rings. The van der Waals surface area contributed by atoms with Gasteiger partial charge in [-0.05, 0) is 66.7 Å². The summed E-state index contributed by atoms with van der Waals surface area (Å²) in [5.74, 6) is 1.34. The summed E-state index contributed by atoms with van der Waals surface area (Å²) in [6.07, 6.45) is 4.39. The molecule has 0 aliphatic carbocycles. The van der Waals surface area contributed by atoms with Gasteiger partial charge >= 0.3 is 11.9 Å². The minimum atomic E-state index is -3.27. The van der Waals surface area contributed by atoms with Crippen molar-refractivity contribution in [2.75, 3.05) is 33.3 Å². The summed E-state index contributed by atoms with van der Waals surface area (Å²) < 4.78 is 77.7. The van der Waals surface area contributed by atoms with Gasteiger partial charge in [-0.2, -0.15) is 0 Å². The van der Waals surface area contributed by atoms with E-state index in [0.717, 1.165) is 18.1 Å². The van der Waals surface area contributed by atoms with Crippen molar-refractivity contribution in [3.05, 3.63) is 102 Å². The van der Waals surface area contributed by atoms with Crippen LogP contribution in [0.25, 0.3) is 11.0 Å². The van der Waals surface area contributed by atoms with Crippen molar-refractivity contribution in [2.45, 2.75) is 16.2 Å². The number of hydrogen-bond acceptors (Lipinski definition) is 12. The minimum absolute atomic E-state index is 0.201. The maximum Gasteiger partial charge on any atom is 0.338 e. The van der Waals surface area contributed by atoms with Crippen LogP contribution in [0.1, 0.15) is 26.3 Å². The topological polar surface area (TPSA) is 162 Å². The van der Waals surface area contributed by atoms with Crippen LogP contribution in [-0.2, 0) is 35.6 Å². The summed E-state index contributed by atoms with van der Waals surface area (Å²) >= 11 is 0. The Morgan fingerprint density at radius 2 is 1.15 bits per heavy atom. The molecule has 0 unspecified atom stereocenters. The van der Waals surface area contributed by atoms with Gasteiger partial charge in [-0.3, -0.25) is 0 Å². The predicted molar refractivity (Wildman–Crippen MR) is 174 cm³/mol. The van der Waals surface area contributed by atoms with Crippen molar-refractivity contribution in [1.29, 1.82) is 0 Å². The van der Waals surface area contributed by atoms with Gasteiger partial charge in [-0.25, -0.2) is 26.4 Å². The van der Waals surface area contributed by atoms with Crippen LogP contribution < -0.4 is 14.2 Å². The van der Waals surface area contributed by atoms with E-state index in [4.69, 9.17) is 28.1 Å². The van der Waals surface area contributed by atoms with E-state index in [1.165, 1.54) is 44.7 Å². The van der Waals surface area contributed by atoms with E-state index >= 15 is 0 Å². The number of furan rings is 1. The third-order valence-electron chi connectivity index (χ3n) is 7.12. The molecule has 1 aliphatic rings. The van der Waals surface area contributed by atoms with Gasteiger partial charge in [0.2, 0.25) is 0 Å². The molecule has 250 valence electrons. The molecule has 0 spiro atoms. The van der Waals surface area contributed by atoms with E-state index < -0.39 is 31.6 Å². The zero-order chi connectivity index (χ0) is 34.6. The van der Waals surface area contributed by atoms with Gasteiger partial charge in [-0.1, -0.05) is 0 Å². The molecule has 12 nitrogen and oxygen atoms in total. The smallest absolute Gasteiger partial charge is 0.338 e. The molecule has 6 rings (SSSR count). The highest BCUT2D eigenvalue weighted by molar-refractivity contribution is 7.91. The van der Waals surface area contributed by atoms with E-state index in [1.54, 1.807) is 54.6 Å². The number of ether oxygens (including phenoxy) is 5. The van der Waals surface area contributed by atoms with Gasteiger partial charge in [-0.15, -0.1) is 0 Å². The number of carbonyl (C=O) groups is 2. The Morgan fingerprint density at radius 1 is 0.646 bits per heavy atom. The molecule has 0 saturated heterocycles. The lowest BCUT2D eigenvalue weighted by molar-refractivity contribution is 0.0592. The highest BCUT2D eigenvalue weighted by Gasteiger charge is 2.23. The molecular formula is C34H30O12S2. The summed E-state index contributed by atoms with van der Waals surface area (Å²) in [7, 11) is -3.91. The fraction of sp³-hybridized carbons (Fsp3) is 0.176. The Labute approximate surface area is 276 Å². The molecule has 0 N–H and O–H groups in total. The van der Waals surface area contributed by atoms with Gasteiger partial charge < -0.3 is 28.1 Å². The number of hydrogen-bond donors (Lipinski definition) is 0. The molecule has 2 heterocycles. The normalized spacial score (nSPS) is 12.2. The first-order chi connectivity index (χ1) is 22.8. The second-order valence-electron chi connectivity index (χ2n) is 10.5. The molecular weight excluding hydrogens is 664 g/mol. The quantitative estimate of drug-likeness (QED) is 0.174. The molecule has 0 bridgehead atoms. The third-order valence-corrected chi connectivity index (χ3v) is 9.38. The van der Waals surface area contributed by atoms with Crippen LogP contribution in [-0.4, -0.2) is 62.1 Å². The zero-order valence-corrected chi connectivity index (χ0v) is 27.8. The molecule has 1 aliphatic heterocycles. The Bertz CT molecular complexity index is 2200. The van der Waals surface area contributed by atoms with Crippen molar-refractivity contribution >= 4 is 42.6 Å². The number of sulfone groups is 2. The Balaban J connectivity index is 0.000000188. The Hall–Kier alpha value is -5.34. The highest BCUT2D eigenvalue weighted by atomic mass is 32.2. The van der Waals surface area contributed by atoms with Crippen LogP contribution in [0.15, 0.2) is 99.3 Å². The molecule has 5 aromatic rings. The summed E-state index contributed by atoms with van der Waals surface area (Å²) in [6.45, 7) is 0.506.